The fraction of sp³-hybridized carbons (Fsp3) is 0.389. The lowest BCUT2D eigenvalue weighted by molar-refractivity contribution is -0.120. The Morgan fingerprint density at radius 1 is 1.13 bits per heavy atom. The average Bonchev–Trinajstić information content (AvgIpc) is 2.61. The van der Waals surface area contributed by atoms with Crippen LogP contribution in [0.15, 0.2) is 36.8 Å². The largest absolute Gasteiger partial charge is 0.311 e. The highest BCUT2D eigenvalue weighted by Gasteiger charge is 2.25. The van der Waals surface area contributed by atoms with Gasteiger partial charge in [0, 0.05) is 31.5 Å². The van der Waals surface area contributed by atoms with E-state index in [-0.39, 0.29) is 5.91 Å². The van der Waals surface area contributed by atoms with Crippen molar-refractivity contribution in [1.29, 1.82) is 0 Å². The second-order valence-corrected chi connectivity index (χ2v) is 6.23. The van der Waals surface area contributed by atoms with Crippen LogP contribution in [0.1, 0.15) is 23.2 Å². The van der Waals surface area contributed by atoms with Gasteiger partial charge in [0.1, 0.15) is 6.33 Å². The number of benzene rings is 1. The highest BCUT2D eigenvalue weighted by atomic mass is 16.2. The summed E-state index contributed by atoms with van der Waals surface area (Å²) in [5.41, 5.74) is 4.63. The molecule has 0 saturated heterocycles. The normalized spacial score (nSPS) is 17.5. The molecular formula is C18H20N4O. The standard InChI is InChI=1S/C18H20N4O/c23-18(22-8-3-5-14-4-1-2-6-17(14)22)12-21-9-7-15-10-19-13-20-16(15)11-21/h1-2,4,6,10,13H,3,5,7-9,11-12H2. The minimum absolute atomic E-state index is 0.189. The van der Waals surface area contributed by atoms with Crippen molar-refractivity contribution in [2.75, 3.05) is 24.5 Å². The molecule has 0 radical (unpaired) electrons. The van der Waals surface area contributed by atoms with Crippen LogP contribution in [0.5, 0.6) is 0 Å². The third kappa shape index (κ3) is 2.84. The fourth-order valence-corrected chi connectivity index (χ4v) is 3.51. The molecule has 2 aliphatic heterocycles. The van der Waals surface area contributed by atoms with Crippen LogP contribution in [-0.4, -0.2) is 40.4 Å². The van der Waals surface area contributed by atoms with Gasteiger partial charge in [0.25, 0.3) is 0 Å². The second kappa shape index (κ2) is 6.08. The smallest absolute Gasteiger partial charge is 0.241 e. The number of aryl methyl sites for hydroxylation is 1. The predicted molar refractivity (Wildman–Crippen MR) is 88.1 cm³/mol. The van der Waals surface area contributed by atoms with Gasteiger partial charge in [-0.3, -0.25) is 9.69 Å². The molecule has 0 unspecified atom stereocenters. The summed E-state index contributed by atoms with van der Waals surface area (Å²) in [7, 11) is 0. The topological polar surface area (TPSA) is 49.3 Å². The number of para-hydroxylation sites is 1. The molecule has 0 fully saturated rings. The van der Waals surface area contributed by atoms with Gasteiger partial charge in [0.2, 0.25) is 5.91 Å². The molecule has 23 heavy (non-hydrogen) atoms. The summed E-state index contributed by atoms with van der Waals surface area (Å²) in [5.74, 6) is 0.189. The zero-order valence-corrected chi connectivity index (χ0v) is 13.1. The van der Waals surface area contributed by atoms with E-state index in [0.29, 0.717) is 6.54 Å². The molecule has 1 aromatic carbocycles. The van der Waals surface area contributed by atoms with E-state index < -0.39 is 0 Å². The molecule has 0 N–H and O–H groups in total. The number of hydrogen-bond acceptors (Lipinski definition) is 4. The zero-order valence-electron chi connectivity index (χ0n) is 13.1. The molecule has 1 aromatic heterocycles. The Morgan fingerprint density at radius 2 is 2.04 bits per heavy atom. The molecule has 118 valence electrons. The Balaban J connectivity index is 1.47. The van der Waals surface area contributed by atoms with Crippen LogP contribution in [0.2, 0.25) is 0 Å². The van der Waals surface area contributed by atoms with Crippen molar-refractivity contribution in [2.24, 2.45) is 0 Å². The second-order valence-electron chi connectivity index (χ2n) is 6.23. The summed E-state index contributed by atoms with van der Waals surface area (Å²) in [6.45, 7) is 2.90. The van der Waals surface area contributed by atoms with Crippen molar-refractivity contribution >= 4 is 11.6 Å². The molecule has 3 heterocycles. The predicted octanol–water partition coefficient (Wildman–Crippen LogP) is 1.81. The van der Waals surface area contributed by atoms with Gasteiger partial charge in [-0.15, -0.1) is 0 Å². The van der Waals surface area contributed by atoms with E-state index >= 15 is 0 Å². The van der Waals surface area contributed by atoms with Crippen LogP contribution in [0.25, 0.3) is 0 Å². The first-order chi connectivity index (χ1) is 11.3. The van der Waals surface area contributed by atoms with Crippen LogP contribution in [0.3, 0.4) is 0 Å². The third-order valence-corrected chi connectivity index (χ3v) is 4.72. The van der Waals surface area contributed by atoms with Gasteiger partial charge in [-0.25, -0.2) is 9.97 Å². The highest BCUT2D eigenvalue weighted by Crippen LogP contribution is 2.27. The quantitative estimate of drug-likeness (QED) is 0.849. The van der Waals surface area contributed by atoms with Crippen molar-refractivity contribution in [3.8, 4) is 0 Å². The van der Waals surface area contributed by atoms with Crippen LogP contribution in [0.4, 0.5) is 5.69 Å². The van der Waals surface area contributed by atoms with Crippen LogP contribution >= 0.6 is 0 Å². The molecule has 1 amide bonds. The Bertz CT molecular complexity index is 730. The van der Waals surface area contributed by atoms with E-state index in [1.54, 1.807) is 6.33 Å². The van der Waals surface area contributed by atoms with Crippen LogP contribution in [-0.2, 0) is 24.2 Å². The maximum absolute atomic E-state index is 12.8. The molecule has 4 rings (SSSR count). The van der Waals surface area contributed by atoms with E-state index in [4.69, 9.17) is 0 Å². The van der Waals surface area contributed by atoms with E-state index in [2.05, 4.69) is 27.0 Å². The van der Waals surface area contributed by atoms with Crippen molar-refractivity contribution < 1.29 is 4.79 Å². The van der Waals surface area contributed by atoms with Crippen molar-refractivity contribution in [3.05, 3.63) is 53.6 Å². The minimum Gasteiger partial charge on any atom is -0.311 e. The summed E-state index contributed by atoms with van der Waals surface area (Å²) in [6, 6.07) is 8.25. The molecule has 0 atom stereocenters. The van der Waals surface area contributed by atoms with E-state index in [1.165, 1.54) is 11.1 Å². The molecule has 2 aromatic rings. The SMILES string of the molecule is O=C(CN1CCc2cncnc2C1)N1CCCc2ccccc21. The number of anilines is 1. The first-order valence-electron chi connectivity index (χ1n) is 8.19. The Kier molecular flexibility index (Phi) is 3.79. The average molecular weight is 308 g/mol. The van der Waals surface area contributed by atoms with Gasteiger partial charge in [-0.05, 0) is 36.5 Å². The maximum atomic E-state index is 12.8. The lowest BCUT2D eigenvalue weighted by Crippen LogP contribution is -2.44. The Hall–Kier alpha value is -2.27. The van der Waals surface area contributed by atoms with E-state index in [9.17, 15) is 4.79 Å². The van der Waals surface area contributed by atoms with Gasteiger partial charge in [0.15, 0.2) is 0 Å². The number of amides is 1. The van der Waals surface area contributed by atoms with Crippen LogP contribution < -0.4 is 4.90 Å². The summed E-state index contributed by atoms with van der Waals surface area (Å²) in [6.07, 6.45) is 6.50. The molecule has 5 nitrogen and oxygen atoms in total. The summed E-state index contributed by atoms with van der Waals surface area (Å²) >= 11 is 0. The summed E-state index contributed by atoms with van der Waals surface area (Å²) in [5, 5.41) is 0. The molecule has 0 saturated carbocycles. The maximum Gasteiger partial charge on any atom is 0.241 e. The van der Waals surface area contributed by atoms with Gasteiger partial charge in [0.05, 0.1) is 12.2 Å². The molecule has 0 aliphatic carbocycles. The number of hydrogen-bond donors (Lipinski definition) is 0. The number of carbonyl (C=O) groups is 1. The molecule has 0 spiro atoms. The molecule has 2 aliphatic rings. The highest BCUT2D eigenvalue weighted by molar-refractivity contribution is 5.95. The van der Waals surface area contributed by atoms with Crippen LogP contribution in [0, 0.1) is 0 Å². The van der Waals surface area contributed by atoms with Gasteiger partial charge >= 0.3 is 0 Å². The third-order valence-electron chi connectivity index (χ3n) is 4.72. The van der Waals surface area contributed by atoms with Crippen molar-refractivity contribution in [3.63, 3.8) is 0 Å². The molecule has 0 bridgehead atoms. The summed E-state index contributed by atoms with van der Waals surface area (Å²) in [4.78, 5) is 25.4. The zero-order chi connectivity index (χ0) is 15.6. The van der Waals surface area contributed by atoms with Crippen molar-refractivity contribution in [2.45, 2.75) is 25.8 Å². The number of rotatable bonds is 2. The lowest BCUT2D eigenvalue weighted by atomic mass is 10.0. The van der Waals surface area contributed by atoms with E-state index in [0.717, 1.165) is 50.3 Å². The first kappa shape index (κ1) is 14.3. The summed E-state index contributed by atoms with van der Waals surface area (Å²) < 4.78 is 0. The molecular weight excluding hydrogens is 288 g/mol. The van der Waals surface area contributed by atoms with Gasteiger partial charge in [-0.2, -0.15) is 0 Å². The number of aromatic nitrogens is 2. The minimum atomic E-state index is 0.189. The number of fused-ring (bicyclic) bond motifs is 2. The van der Waals surface area contributed by atoms with Gasteiger partial charge in [-0.1, -0.05) is 18.2 Å². The Morgan fingerprint density at radius 3 is 3.00 bits per heavy atom. The number of nitrogens with zero attached hydrogens (tertiary/aromatic N) is 4. The molecule has 5 heteroatoms. The first-order valence-corrected chi connectivity index (χ1v) is 8.19. The monoisotopic (exact) mass is 308 g/mol. The lowest BCUT2D eigenvalue weighted by Gasteiger charge is -2.33. The van der Waals surface area contributed by atoms with E-state index in [1.807, 2.05) is 23.2 Å². The fourth-order valence-electron chi connectivity index (χ4n) is 3.51. The number of carbonyl (C=O) groups excluding carboxylic acids is 1. The van der Waals surface area contributed by atoms with Crippen molar-refractivity contribution in [1.82, 2.24) is 14.9 Å². The van der Waals surface area contributed by atoms with Gasteiger partial charge < -0.3 is 4.90 Å². The Labute approximate surface area is 136 Å².